The van der Waals surface area contributed by atoms with Gasteiger partial charge in [-0.2, -0.15) is 5.10 Å². The summed E-state index contributed by atoms with van der Waals surface area (Å²) in [6.45, 7) is 4.72. The molecule has 1 unspecified atom stereocenters. The van der Waals surface area contributed by atoms with Gasteiger partial charge in [-0.05, 0) is 44.5 Å². The number of nitrogens with zero attached hydrogens (tertiary/aromatic N) is 5. The average molecular weight is 402 g/mol. The van der Waals surface area contributed by atoms with Crippen LogP contribution in [-0.4, -0.2) is 43.5 Å². The first kappa shape index (κ1) is 20.0. The second-order valence-electron chi connectivity index (χ2n) is 6.62. The summed E-state index contributed by atoms with van der Waals surface area (Å²) in [5, 5.41) is 19.0. The van der Waals surface area contributed by atoms with E-state index in [4.69, 9.17) is 0 Å². The van der Waals surface area contributed by atoms with E-state index in [9.17, 15) is 4.79 Å². The Morgan fingerprint density at radius 2 is 2.18 bits per heavy atom. The average Bonchev–Trinajstić information content (AvgIpc) is 3.39. The van der Waals surface area contributed by atoms with E-state index < -0.39 is 0 Å². The molecule has 1 aliphatic rings. The van der Waals surface area contributed by atoms with Crippen LogP contribution in [0, 0.1) is 0 Å². The van der Waals surface area contributed by atoms with Crippen molar-refractivity contribution in [2.75, 3.05) is 18.4 Å². The number of amides is 1. The molecule has 148 valence electrons. The molecule has 1 saturated heterocycles. The van der Waals surface area contributed by atoms with Crippen molar-refractivity contribution in [3.8, 4) is 11.4 Å². The largest absolute Gasteiger partial charge is 0.320 e. The molecular weight excluding hydrogens is 378 g/mol. The number of hydrogen-bond acceptors (Lipinski definition) is 5. The van der Waals surface area contributed by atoms with Gasteiger partial charge in [0.05, 0.1) is 11.7 Å². The Balaban J connectivity index is 0.00000225. The third-order valence-electron chi connectivity index (χ3n) is 4.86. The Kier molecular flexibility index (Phi) is 6.43. The van der Waals surface area contributed by atoms with E-state index >= 15 is 0 Å². The van der Waals surface area contributed by atoms with Gasteiger partial charge >= 0.3 is 0 Å². The van der Waals surface area contributed by atoms with Gasteiger partial charge in [0, 0.05) is 24.8 Å². The van der Waals surface area contributed by atoms with Gasteiger partial charge in [0.15, 0.2) is 11.5 Å². The molecule has 9 heteroatoms. The number of halogens is 1. The summed E-state index contributed by atoms with van der Waals surface area (Å²) in [5.41, 5.74) is 1.94. The van der Waals surface area contributed by atoms with Crippen LogP contribution in [0.25, 0.3) is 11.4 Å². The van der Waals surface area contributed by atoms with Crippen LogP contribution in [0.3, 0.4) is 0 Å². The molecule has 1 fully saturated rings. The summed E-state index contributed by atoms with van der Waals surface area (Å²) in [4.78, 5) is 12.7. The van der Waals surface area contributed by atoms with Crippen LogP contribution in [0.15, 0.2) is 42.9 Å². The fourth-order valence-electron chi connectivity index (χ4n) is 3.39. The molecule has 3 heterocycles. The number of nitrogens with one attached hydrogen (secondary N) is 2. The lowest BCUT2D eigenvalue weighted by Crippen LogP contribution is -2.32. The first-order chi connectivity index (χ1) is 13.3. The monoisotopic (exact) mass is 401 g/mol. The third-order valence-corrected chi connectivity index (χ3v) is 4.86. The number of aromatic nitrogens is 5. The quantitative estimate of drug-likeness (QED) is 0.686. The van der Waals surface area contributed by atoms with Crippen LogP contribution in [0.5, 0.6) is 0 Å². The summed E-state index contributed by atoms with van der Waals surface area (Å²) >= 11 is 0. The number of rotatable bonds is 5. The van der Waals surface area contributed by atoms with Crippen LogP contribution >= 0.6 is 12.4 Å². The van der Waals surface area contributed by atoms with Gasteiger partial charge < -0.3 is 15.2 Å². The lowest BCUT2D eigenvalue weighted by Gasteiger charge is -2.22. The highest BCUT2D eigenvalue weighted by Crippen LogP contribution is 2.26. The number of carbonyl (C=O) groups is 1. The van der Waals surface area contributed by atoms with Crippen LogP contribution < -0.4 is 10.6 Å². The zero-order valence-corrected chi connectivity index (χ0v) is 16.5. The number of aryl methyl sites for hydroxylation is 1. The van der Waals surface area contributed by atoms with Gasteiger partial charge in [-0.15, -0.1) is 22.6 Å². The Labute approximate surface area is 169 Å². The smallest absolute Gasteiger partial charge is 0.276 e. The maximum absolute atomic E-state index is 12.7. The van der Waals surface area contributed by atoms with Crippen LogP contribution in [0.1, 0.15) is 36.3 Å². The molecule has 1 aliphatic heterocycles. The minimum atomic E-state index is -0.229. The normalized spacial score (nSPS) is 16.4. The summed E-state index contributed by atoms with van der Waals surface area (Å²) in [6, 6.07) is 9.67. The molecule has 0 spiro atoms. The van der Waals surface area contributed by atoms with E-state index in [0.717, 1.165) is 43.9 Å². The molecule has 0 aliphatic carbocycles. The van der Waals surface area contributed by atoms with Crippen molar-refractivity contribution < 1.29 is 4.79 Å². The Morgan fingerprint density at radius 3 is 2.96 bits per heavy atom. The second-order valence-corrected chi connectivity index (χ2v) is 6.62. The highest BCUT2D eigenvalue weighted by molar-refractivity contribution is 6.04. The van der Waals surface area contributed by atoms with Gasteiger partial charge in [-0.25, -0.2) is 0 Å². The fourth-order valence-corrected chi connectivity index (χ4v) is 3.39. The lowest BCUT2D eigenvalue weighted by molar-refractivity contribution is 0.102. The van der Waals surface area contributed by atoms with E-state index in [1.807, 2.05) is 46.6 Å². The van der Waals surface area contributed by atoms with Gasteiger partial charge in [-0.3, -0.25) is 9.48 Å². The number of carbonyl (C=O) groups excluding carboxylic acids is 1. The summed E-state index contributed by atoms with van der Waals surface area (Å²) in [6.07, 6.45) is 5.77. The molecule has 0 saturated carbocycles. The number of hydrogen-bond donors (Lipinski definition) is 2. The minimum Gasteiger partial charge on any atom is -0.320 e. The molecule has 1 aromatic carbocycles. The molecule has 2 N–H and O–H groups in total. The highest BCUT2D eigenvalue weighted by Gasteiger charge is 2.19. The minimum absolute atomic E-state index is 0. The maximum Gasteiger partial charge on any atom is 0.276 e. The molecule has 2 aromatic heterocycles. The van der Waals surface area contributed by atoms with E-state index in [1.54, 1.807) is 12.4 Å². The predicted molar refractivity (Wildman–Crippen MR) is 110 cm³/mol. The fraction of sp³-hybridized carbons (Fsp3) is 0.368. The molecule has 28 heavy (non-hydrogen) atoms. The standard InChI is InChI=1S/C19H23N7O.ClH/c1-2-25-13-21-23-18(25)15-7-3-4-8-16(15)22-19(27)17-9-11-26(24-17)14-6-5-10-20-12-14;/h3-4,7-9,11,13-14,20H,2,5-6,10,12H2,1H3,(H,22,27);1H. The molecule has 8 nitrogen and oxygen atoms in total. The third kappa shape index (κ3) is 4.07. The van der Waals surface area contributed by atoms with E-state index in [2.05, 4.69) is 25.9 Å². The molecule has 0 radical (unpaired) electrons. The topological polar surface area (TPSA) is 89.7 Å². The number of piperidine rings is 1. The predicted octanol–water partition coefficient (Wildman–Crippen LogP) is 2.76. The number of anilines is 1. The lowest BCUT2D eigenvalue weighted by atomic mass is 10.1. The Hall–Kier alpha value is -2.71. The Bertz CT molecular complexity index is 930. The zero-order chi connectivity index (χ0) is 18.6. The molecule has 4 rings (SSSR count). The van der Waals surface area contributed by atoms with Crippen LogP contribution in [0.4, 0.5) is 5.69 Å². The van der Waals surface area contributed by atoms with Crippen LogP contribution in [0.2, 0.25) is 0 Å². The van der Waals surface area contributed by atoms with Crippen LogP contribution in [-0.2, 0) is 6.54 Å². The zero-order valence-electron chi connectivity index (χ0n) is 15.7. The summed E-state index contributed by atoms with van der Waals surface area (Å²) < 4.78 is 3.83. The Morgan fingerprint density at radius 1 is 1.32 bits per heavy atom. The summed E-state index contributed by atoms with van der Waals surface area (Å²) in [5.74, 6) is 0.500. The van der Waals surface area contributed by atoms with E-state index in [1.165, 1.54) is 0 Å². The van der Waals surface area contributed by atoms with E-state index in [0.29, 0.717) is 17.4 Å². The summed E-state index contributed by atoms with van der Waals surface area (Å²) in [7, 11) is 0. The maximum atomic E-state index is 12.7. The van der Waals surface area contributed by atoms with E-state index in [-0.39, 0.29) is 18.3 Å². The first-order valence-corrected chi connectivity index (χ1v) is 9.30. The van der Waals surface area contributed by atoms with Gasteiger partial charge in [0.2, 0.25) is 0 Å². The van der Waals surface area contributed by atoms with Crippen molar-refractivity contribution in [1.82, 2.24) is 29.9 Å². The van der Waals surface area contributed by atoms with Crippen molar-refractivity contribution >= 4 is 24.0 Å². The van der Waals surface area contributed by atoms with Crippen molar-refractivity contribution in [2.45, 2.75) is 32.4 Å². The molecule has 3 aromatic rings. The highest BCUT2D eigenvalue weighted by atomic mass is 35.5. The van der Waals surface area contributed by atoms with Gasteiger partial charge in [0.1, 0.15) is 6.33 Å². The van der Waals surface area contributed by atoms with Crippen molar-refractivity contribution in [3.05, 3.63) is 48.5 Å². The van der Waals surface area contributed by atoms with Crippen molar-refractivity contribution in [1.29, 1.82) is 0 Å². The van der Waals surface area contributed by atoms with Gasteiger partial charge in [0.25, 0.3) is 5.91 Å². The molecular formula is C19H24ClN7O. The SMILES string of the molecule is CCn1cnnc1-c1ccccc1NC(=O)c1ccn(C2CCCNC2)n1.Cl. The van der Waals surface area contributed by atoms with Crippen molar-refractivity contribution in [2.24, 2.45) is 0 Å². The van der Waals surface area contributed by atoms with Crippen molar-refractivity contribution in [3.63, 3.8) is 0 Å². The van der Waals surface area contributed by atoms with Gasteiger partial charge in [-0.1, -0.05) is 12.1 Å². The number of para-hydroxylation sites is 1. The number of benzene rings is 1. The second kappa shape index (κ2) is 8.99. The molecule has 1 atom stereocenters. The molecule has 1 amide bonds. The first-order valence-electron chi connectivity index (χ1n) is 9.30. The molecule has 0 bridgehead atoms.